The molecule has 0 amide bonds. The zero-order valence-electron chi connectivity index (χ0n) is 12.1. The fourth-order valence-corrected chi connectivity index (χ4v) is 2.80. The minimum atomic E-state index is -0.861. The molecule has 0 spiro atoms. The van der Waals surface area contributed by atoms with Gasteiger partial charge in [-0.3, -0.25) is 4.79 Å². The summed E-state index contributed by atoms with van der Waals surface area (Å²) in [5, 5.41) is 10.4. The Morgan fingerprint density at radius 1 is 1.14 bits per heavy atom. The van der Waals surface area contributed by atoms with Gasteiger partial charge in [0.2, 0.25) is 0 Å². The zero-order chi connectivity index (χ0) is 15.2. The Bertz CT molecular complexity index is 713. The molecule has 21 heavy (non-hydrogen) atoms. The molecule has 3 rings (SSSR count). The maximum Gasteiger partial charge on any atom is 0.157 e. The van der Waals surface area contributed by atoms with Crippen molar-refractivity contribution in [2.75, 3.05) is 0 Å². The van der Waals surface area contributed by atoms with Crippen molar-refractivity contribution in [3.05, 3.63) is 59.2 Å². The Morgan fingerprint density at radius 3 is 2.52 bits per heavy atom. The number of hydrogen-bond acceptors (Lipinski definition) is 2. The molecule has 0 saturated heterocycles. The molecule has 0 fully saturated rings. The molecule has 1 aliphatic rings. The van der Waals surface area contributed by atoms with Crippen molar-refractivity contribution in [3.63, 3.8) is 0 Å². The number of benzene rings is 2. The smallest absolute Gasteiger partial charge is 0.157 e. The first-order chi connectivity index (χ1) is 9.88. The standard InChI is InChI=1S/C18H17ClO2/c1-18(2,19)16(20)10-11-7-8-13-12-5-3-4-6-14(12)17(21)15(13)9-11/h3-9,17,21H,10H2,1-2H3. The van der Waals surface area contributed by atoms with E-state index in [-0.39, 0.29) is 12.2 Å². The summed E-state index contributed by atoms with van der Waals surface area (Å²) in [5.74, 6) is -0.0193. The maximum absolute atomic E-state index is 12.0. The maximum atomic E-state index is 12.0. The predicted molar refractivity (Wildman–Crippen MR) is 84.6 cm³/mol. The number of alkyl halides is 1. The van der Waals surface area contributed by atoms with Crippen LogP contribution < -0.4 is 0 Å². The number of halogens is 1. The molecule has 3 heteroatoms. The van der Waals surface area contributed by atoms with E-state index in [1.54, 1.807) is 13.8 Å². The van der Waals surface area contributed by atoms with Crippen LogP contribution >= 0.6 is 11.6 Å². The molecule has 0 heterocycles. The largest absolute Gasteiger partial charge is 0.384 e. The van der Waals surface area contributed by atoms with Crippen molar-refractivity contribution in [2.45, 2.75) is 31.2 Å². The lowest BCUT2D eigenvalue weighted by Crippen LogP contribution is -2.26. The van der Waals surface area contributed by atoms with Crippen LogP contribution in [-0.2, 0) is 11.2 Å². The topological polar surface area (TPSA) is 37.3 Å². The van der Waals surface area contributed by atoms with Crippen molar-refractivity contribution in [1.29, 1.82) is 0 Å². The minimum Gasteiger partial charge on any atom is -0.384 e. The van der Waals surface area contributed by atoms with Crippen molar-refractivity contribution in [3.8, 4) is 11.1 Å². The molecule has 1 aliphatic carbocycles. The van der Waals surface area contributed by atoms with Gasteiger partial charge in [-0.15, -0.1) is 11.6 Å². The van der Waals surface area contributed by atoms with Crippen molar-refractivity contribution in [1.82, 2.24) is 0 Å². The Hall–Kier alpha value is -1.64. The Kier molecular flexibility index (Phi) is 3.39. The molecule has 2 aromatic rings. The highest BCUT2D eigenvalue weighted by atomic mass is 35.5. The van der Waals surface area contributed by atoms with Crippen molar-refractivity contribution >= 4 is 17.4 Å². The van der Waals surface area contributed by atoms with Crippen LogP contribution in [0, 0.1) is 0 Å². The van der Waals surface area contributed by atoms with E-state index >= 15 is 0 Å². The van der Waals surface area contributed by atoms with Gasteiger partial charge in [-0.2, -0.15) is 0 Å². The van der Waals surface area contributed by atoms with Gasteiger partial charge in [0.05, 0.1) is 4.87 Å². The summed E-state index contributed by atoms with van der Waals surface area (Å²) in [7, 11) is 0. The second kappa shape index (κ2) is 4.97. The van der Waals surface area contributed by atoms with Gasteiger partial charge in [-0.1, -0.05) is 42.5 Å². The molecule has 2 aromatic carbocycles. The summed E-state index contributed by atoms with van der Waals surface area (Å²) < 4.78 is 0. The highest BCUT2D eigenvalue weighted by molar-refractivity contribution is 6.34. The summed E-state index contributed by atoms with van der Waals surface area (Å²) in [6, 6.07) is 13.7. The number of aliphatic hydroxyl groups is 1. The van der Waals surface area contributed by atoms with E-state index < -0.39 is 11.0 Å². The third-order valence-corrected chi connectivity index (χ3v) is 4.19. The number of Topliss-reactive ketones (excluding diaryl/α,β-unsaturated/α-hetero) is 1. The first kappa shape index (κ1) is 14.3. The summed E-state index contributed by atoms with van der Waals surface area (Å²) in [4.78, 5) is 11.2. The van der Waals surface area contributed by atoms with Crippen LogP contribution in [0.4, 0.5) is 0 Å². The third kappa shape index (κ3) is 2.50. The summed E-state index contributed by atoms with van der Waals surface area (Å²) in [6.07, 6.45) is -0.331. The van der Waals surface area contributed by atoms with Crippen LogP contribution in [0.25, 0.3) is 11.1 Å². The van der Waals surface area contributed by atoms with Gasteiger partial charge < -0.3 is 5.11 Å². The molecule has 0 aliphatic heterocycles. The van der Waals surface area contributed by atoms with Crippen LogP contribution in [0.1, 0.15) is 36.6 Å². The highest BCUT2D eigenvalue weighted by Crippen LogP contribution is 2.43. The van der Waals surface area contributed by atoms with Gasteiger partial charge in [0, 0.05) is 6.42 Å². The fraction of sp³-hybridized carbons (Fsp3) is 0.278. The van der Waals surface area contributed by atoms with Gasteiger partial charge in [-0.05, 0) is 41.7 Å². The number of carbonyl (C=O) groups excluding carboxylic acids is 1. The summed E-state index contributed by atoms with van der Waals surface area (Å²) in [6.45, 7) is 3.41. The second-order valence-corrected chi connectivity index (χ2v) is 6.93. The number of fused-ring (bicyclic) bond motifs is 3. The molecule has 0 bridgehead atoms. The fourth-order valence-electron chi connectivity index (χ4n) is 2.74. The number of aliphatic hydroxyl groups excluding tert-OH is 1. The number of ketones is 1. The molecule has 1 atom stereocenters. The highest BCUT2D eigenvalue weighted by Gasteiger charge is 2.28. The van der Waals surface area contributed by atoms with Crippen molar-refractivity contribution < 1.29 is 9.90 Å². The molecule has 108 valence electrons. The van der Waals surface area contributed by atoms with E-state index in [2.05, 4.69) is 0 Å². The Labute approximate surface area is 129 Å². The van der Waals surface area contributed by atoms with Gasteiger partial charge in [-0.25, -0.2) is 0 Å². The Balaban J connectivity index is 1.96. The van der Waals surface area contributed by atoms with Gasteiger partial charge in [0.15, 0.2) is 5.78 Å². The SMILES string of the molecule is CC(C)(Cl)C(=O)Cc1ccc2c(c1)C(O)c1ccccc1-2. The monoisotopic (exact) mass is 300 g/mol. The van der Waals surface area contributed by atoms with E-state index in [1.807, 2.05) is 42.5 Å². The number of carbonyl (C=O) groups is 1. The van der Waals surface area contributed by atoms with E-state index in [0.717, 1.165) is 27.8 Å². The zero-order valence-corrected chi connectivity index (χ0v) is 12.8. The van der Waals surface area contributed by atoms with Crippen LogP contribution in [0.15, 0.2) is 42.5 Å². The van der Waals surface area contributed by atoms with Gasteiger partial charge in [0.1, 0.15) is 6.10 Å². The lowest BCUT2D eigenvalue weighted by atomic mass is 9.96. The molecular formula is C18H17ClO2. The minimum absolute atomic E-state index is 0.0193. The lowest BCUT2D eigenvalue weighted by molar-refractivity contribution is -0.120. The van der Waals surface area contributed by atoms with E-state index in [1.165, 1.54) is 0 Å². The van der Waals surface area contributed by atoms with Gasteiger partial charge >= 0.3 is 0 Å². The lowest BCUT2D eigenvalue weighted by Gasteiger charge is -2.14. The molecule has 0 radical (unpaired) electrons. The molecule has 0 aromatic heterocycles. The van der Waals surface area contributed by atoms with Gasteiger partial charge in [0.25, 0.3) is 0 Å². The summed E-state index contributed by atoms with van der Waals surface area (Å²) >= 11 is 6.05. The average Bonchev–Trinajstić information content (AvgIpc) is 2.72. The first-order valence-corrected chi connectivity index (χ1v) is 7.38. The Morgan fingerprint density at radius 2 is 1.81 bits per heavy atom. The quantitative estimate of drug-likeness (QED) is 0.874. The molecule has 2 nitrogen and oxygen atoms in total. The molecule has 1 unspecified atom stereocenters. The number of hydrogen-bond donors (Lipinski definition) is 1. The summed E-state index contributed by atoms with van der Waals surface area (Å²) in [5.41, 5.74) is 4.79. The van der Waals surface area contributed by atoms with E-state index in [9.17, 15) is 9.90 Å². The van der Waals surface area contributed by atoms with Crippen molar-refractivity contribution in [2.24, 2.45) is 0 Å². The van der Waals surface area contributed by atoms with E-state index in [4.69, 9.17) is 11.6 Å². The second-order valence-electron chi connectivity index (χ2n) is 5.98. The van der Waals surface area contributed by atoms with Crippen LogP contribution in [-0.4, -0.2) is 15.8 Å². The average molecular weight is 301 g/mol. The molecular weight excluding hydrogens is 284 g/mol. The van der Waals surface area contributed by atoms with E-state index in [0.29, 0.717) is 0 Å². The molecule has 1 N–H and O–H groups in total. The first-order valence-electron chi connectivity index (χ1n) is 7.00. The predicted octanol–water partition coefficient (Wildman–Crippen LogP) is 3.88. The molecule has 0 saturated carbocycles. The van der Waals surface area contributed by atoms with Crippen LogP contribution in [0.3, 0.4) is 0 Å². The normalized spacial score (nSPS) is 16.5. The van der Waals surface area contributed by atoms with Crippen LogP contribution in [0.5, 0.6) is 0 Å². The number of rotatable bonds is 3. The van der Waals surface area contributed by atoms with Crippen LogP contribution in [0.2, 0.25) is 0 Å². The third-order valence-electron chi connectivity index (χ3n) is 3.98.